The average molecular weight is 355 g/mol. The van der Waals surface area contributed by atoms with Crippen molar-refractivity contribution in [3.63, 3.8) is 0 Å². The van der Waals surface area contributed by atoms with Crippen molar-refractivity contribution in [1.29, 1.82) is 0 Å². The lowest BCUT2D eigenvalue weighted by atomic mass is 10.1. The second-order valence-corrected chi connectivity index (χ2v) is 6.41. The second-order valence-electron chi connectivity index (χ2n) is 5.50. The topological polar surface area (TPSA) is 41.6 Å². The monoisotopic (exact) mass is 354 g/mol. The van der Waals surface area contributed by atoms with Crippen LogP contribution in [-0.4, -0.2) is 50.2 Å². The number of carbonyl (C=O) groups excluding carboxylic acids is 1. The predicted octanol–water partition coefficient (Wildman–Crippen LogP) is 2.60. The van der Waals surface area contributed by atoms with Gasteiger partial charge in [0, 0.05) is 36.3 Å². The van der Waals surface area contributed by atoms with E-state index in [1.807, 2.05) is 30.0 Å². The van der Waals surface area contributed by atoms with Gasteiger partial charge in [0.05, 0.1) is 6.61 Å². The molecule has 0 spiro atoms. The molecule has 4 nitrogen and oxygen atoms in total. The average Bonchev–Trinajstić information content (AvgIpc) is 2.98. The molecule has 0 aromatic heterocycles. The van der Waals surface area contributed by atoms with Crippen LogP contribution in [0.1, 0.15) is 28.8 Å². The molecule has 1 aromatic carbocycles. The number of aryl methyl sites for hydroxylation is 1. The Balaban J connectivity index is 2.13. The SMILES string of the molecule is COCCN(CC1CCCN1)C(=O)c1cc(Br)ccc1C. The standard InChI is InChI=1S/C16H23BrN2O2/c1-12-5-6-13(17)10-15(12)16(20)19(8-9-21-2)11-14-4-3-7-18-14/h5-6,10,14,18H,3-4,7-9,11H2,1-2H3. The number of benzene rings is 1. The Morgan fingerprint density at radius 2 is 2.33 bits per heavy atom. The zero-order valence-electron chi connectivity index (χ0n) is 12.7. The predicted molar refractivity (Wildman–Crippen MR) is 87.7 cm³/mol. The summed E-state index contributed by atoms with van der Waals surface area (Å²) in [5, 5.41) is 3.45. The summed E-state index contributed by atoms with van der Waals surface area (Å²) in [7, 11) is 1.67. The molecule has 116 valence electrons. The highest BCUT2D eigenvalue weighted by molar-refractivity contribution is 9.10. The number of nitrogens with one attached hydrogen (secondary N) is 1. The summed E-state index contributed by atoms with van der Waals surface area (Å²) in [5.74, 6) is 0.0829. The molecular formula is C16H23BrN2O2. The van der Waals surface area contributed by atoms with Crippen molar-refractivity contribution in [2.75, 3.05) is 33.4 Å². The summed E-state index contributed by atoms with van der Waals surface area (Å²) in [4.78, 5) is 14.7. The first-order chi connectivity index (χ1) is 10.1. The number of hydrogen-bond donors (Lipinski definition) is 1. The molecule has 1 aliphatic rings. The number of carbonyl (C=O) groups is 1. The zero-order chi connectivity index (χ0) is 15.2. The fourth-order valence-electron chi connectivity index (χ4n) is 2.65. The highest BCUT2D eigenvalue weighted by Gasteiger charge is 2.23. The molecule has 1 fully saturated rings. The van der Waals surface area contributed by atoms with Crippen LogP contribution >= 0.6 is 15.9 Å². The van der Waals surface area contributed by atoms with Crippen molar-refractivity contribution in [1.82, 2.24) is 10.2 Å². The number of methoxy groups -OCH3 is 1. The van der Waals surface area contributed by atoms with E-state index in [9.17, 15) is 4.79 Å². The van der Waals surface area contributed by atoms with Crippen molar-refractivity contribution in [3.05, 3.63) is 33.8 Å². The summed E-state index contributed by atoms with van der Waals surface area (Å²) in [5.41, 5.74) is 1.77. The number of ether oxygens (including phenoxy) is 1. The molecule has 1 aliphatic heterocycles. The van der Waals surface area contributed by atoms with Gasteiger partial charge in [-0.15, -0.1) is 0 Å². The largest absolute Gasteiger partial charge is 0.383 e. The third kappa shape index (κ3) is 4.53. The first-order valence-electron chi connectivity index (χ1n) is 7.39. The molecule has 1 saturated heterocycles. The molecule has 0 radical (unpaired) electrons. The minimum absolute atomic E-state index is 0.0829. The third-order valence-electron chi connectivity index (χ3n) is 3.89. The molecule has 21 heavy (non-hydrogen) atoms. The zero-order valence-corrected chi connectivity index (χ0v) is 14.3. The van der Waals surface area contributed by atoms with Crippen LogP contribution in [0, 0.1) is 6.92 Å². The van der Waals surface area contributed by atoms with Gasteiger partial charge in [-0.3, -0.25) is 4.79 Å². The lowest BCUT2D eigenvalue weighted by Crippen LogP contribution is -2.42. The molecule has 0 aliphatic carbocycles. The molecule has 0 saturated carbocycles. The van der Waals surface area contributed by atoms with E-state index in [0.29, 0.717) is 19.2 Å². The van der Waals surface area contributed by atoms with Gasteiger partial charge >= 0.3 is 0 Å². The van der Waals surface area contributed by atoms with Crippen LogP contribution in [0.15, 0.2) is 22.7 Å². The maximum Gasteiger partial charge on any atom is 0.254 e. The second kappa shape index (κ2) is 7.92. The van der Waals surface area contributed by atoms with Gasteiger partial charge in [-0.2, -0.15) is 0 Å². The van der Waals surface area contributed by atoms with Crippen LogP contribution in [-0.2, 0) is 4.74 Å². The Kier molecular flexibility index (Phi) is 6.21. The van der Waals surface area contributed by atoms with Crippen LogP contribution < -0.4 is 5.32 Å². The molecule has 1 heterocycles. The van der Waals surface area contributed by atoms with E-state index >= 15 is 0 Å². The van der Waals surface area contributed by atoms with Gasteiger partial charge in [0.1, 0.15) is 0 Å². The lowest BCUT2D eigenvalue weighted by Gasteiger charge is -2.26. The van der Waals surface area contributed by atoms with Crippen LogP contribution in [0.5, 0.6) is 0 Å². The van der Waals surface area contributed by atoms with E-state index in [-0.39, 0.29) is 5.91 Å². The number of amides is 1. The Labute approximate surface area is 135 Å². The van der Waals surface area contributed by atoms with E-state index in [1.165, 1.54) is 6.42 Å². The van der Waals surface area contributed by atoms with E-state index in [1.54, 1.807) is 7.11 Å². The molecule has 1 N–H and O–H groups in total. The molecule has 5 heteroatoms. The van der Waals surface area contributed by atoms with E-state index in [0.717, 1.165) is 35.1 Å². The van der Waals surface area contributed by atoms with Crippen molar-refractivity contribution < 1.29 is 9.53 Å². The van der Waals surface area contributed by atoms with Gasteiger partial charge in [-0.25, -0.2) is 0 Å². The maximum absolute atomic E-state index is 12.8. The first-order valence-corrected chi connectivity index (χ1v) is 8.19. The van der Waals surface area contributed by atoms with Gasteiger partial charge in [-0.1, -0.05) is 22.0 Å². The third-order valence-corrected chi connectivity index (χ3v) is 4.38. The van der Waals surface area contributed by atoms with Crippen molar-refractivity contribution in [3.8, 4) is 0 Å². The number of hydrogen-bond acceptors (Lipinski definition) is 3. The van der Waals surface area contributed by atoms with Crippen LogP contribution in [0.4, 0.5) is 0 Å². The van der Waals surface area contributed by atoms with Gasteiger partial charge < -0.3 is 15.0 Å². The summed E-state index contributed by atoms with van der Waals surface area (Å²) in [6, 6.07) is 6.24. The molecule has 1 unspecified atom stereocenters. The van der Waals surface area contributed by atoms with Gasteiger partial charge in [0.2, 0.25) is 0 Å². The fraction of sp³-hybridized carbons (Fsp3) is 0.562. The molecule has 1 amide bonds. The summed E-state index contributed by atoms with van der Waals surface area (Å²) >= 11 is 3.45. The number of halogens is 1. The quantitative estimate of drug-likeness (QED) is 0.853. The van der Waals surface area contributed by atoms with E-state index in [2.05, 4.69) is 21.2 Å². The Morgan fingerprint density at radius 3 is 3.00 bits per heavy atom. The van der Waals surface area contributed by atoms with Crippen LogP contribution in [0.3, 0.4) is 0 Å². The van der Waals surface area contributed by atoms with E-state index < -0.39 is 0 Å². The first kappa shape index (κ1) is 16.5. The minimum Gasteiger partial charge on any atom is -0.383 e. The Morgan fingerprint density at radius 1 is 1.52 bits per heavy atom. The smallest absolute Gasteiger partial charge is 0.254 e. The summed E-state index contributed by atoms with van der Waals surface area (Å²) in [6.07, 6.45) is 2.32. The van der Waals surface area contributed by atoms with Gasteiger partial charge in [0.25, 0.3) is 5.91 Å². The molecular weight excluding hydrogens is 332 g/mol. The Bertz CT molecular complexity index is 487. The number of rotatable bonds is 6. The van der Waals surface area contributed by atoms with Crippen molar-refractivity contribution in [2.24, 2.45) is 0 Å². The van der Waals surface area contributed by atoms with Crippen LogP contribution in [0.25, 0.3) is 0 Å². The van der Waals surface area contributed by atoms with E-state index in [4.69, 9.17) is 4.74 Å². The molecule has 1 aromatic rings. The van der Waals surface area contributed by atoms with Crippen molar-refractivity contribution in [2.45, 2.75) is 25.8 Å². The molecule has 1 atom stereocenters. The highest BCUT2D eigenvalue weighted by atomic mass is 79.9. The van der Waals surface area contributed by atoms with Crippen LogP contribution in [0.2, 0.25) is 0 Å². The maximum atomic E-state index is 12.8. The summed E-state index contributed by atoms with van der Waals surface area (Å²) < 4.78 is 6.09. The Hall–Kier alpha value is -0.910. The molecule has 0 bridgehead atoms. The lowest BCUT2D eigenvalue weighted by molar-refractivity contribution is 0.0678. The number of nitrogens with zero attached hydrogens (tertiary/aromatic N) is 1. The highest BCUT2D eigenvalue weighted by Crippen LogP contribution is 2.18. The van der Waals surface area contributed by atoms with Gasteiger partial charge in [0.15, 0.2) is 0 Å². The summed E-state index contributed by atoms with van der Waals surface area (Å²) in [6.45, 7) is 4.95. The van der Waals surface area contributed by atoms with Gasteiger partial charge in [-0.05, 0) is 44.0 Å². The normalized spacial score (nSPS) is 18.0. The minimum atomic E-state index is 0.0829. The van der Waals surface area contributed by atoms with Crippen molar-refractivity contribution >= 4 is 21.8 Å². The fourth-order valence-corrected chi connectivity index (χ4v) is 3.01. The molecule has 2 rings (SSSR count).